The average Bonchev–Trinajstić information content (AvgIpc) is 3.58. The normalized spacial score (nSPS) is 25.8. The number of thioether (sulfide) groups is 1. The maximum absolute atomic E-state index is 13.3. The van der Waals surface area contributed by atoms with Gasteiger partial charge in [0.2, 0.25) is 0 Å². The summed E-state index contributed by atoms with van der Waals surface area (Å²) >= 11 is 6.97. The smallest absolute Gasteiger partial charge is 0.266 e. The van der Waals surface area contributed by atoms with E-state index in [0.29, 0.717) is 38.2 Å². The summed E-state index contributed by atoms with van der Waals surface area (Å²) in [7, 11) is 3.22. The molecule has 3 aliphatic rings. The van der Waals surface area contributed by atoms with Crippen molar-refractivity contribution in [3.05, 3.63) is 47.1 Å². The molecule has 7 heteroatoms. The number of fused-ring (bicyclic) bond motifs is 2. The van der Waals surface area contributed by atoms with Crippen LogP contribution in [0.25, 0.3) is 23.5 Å². The Bertz CT molecular complexity index is 1110. The fraction of sp³-hybridized carbons (Fsp3) is 0.360. The molecule has 2 heterocycles. The van der Waals surface area contributed by atoms with Gasteiger partial charge < -0.3 is 13.9 Å². The minimum Gasteiger partial charge on any atom is -0.497 e. The van der Waals surface area contributed by atoms with E-state index in [4.69, 9.17) is 26.1 Å². The van der Waals surface area contributed by atoms with E-state index in [0.717, 1.165) is 23.5 Å². The Kier molecular flexibility index (Phi) is 5.63. The largest absolute Gasteiger partial charge is 0.497 e. The van der Waals surface area contributed by atoms with Gasteiger partial charge in [-0.05, 0) is 49.3 Å². The average molecular weight is 468 g/mol. The number of ether oxygens (including phenoxy) is 2. The lowest BCUT2D eigenvalue weighted by Gasteiger charge is -2.30. The molecular weight excluding hydrogens is 442 g/mol. The monoisotopic (exact) mass is 467 g/mol. The van der Waals surface area contributed by atoms with Crippen LogP contribution in [0.15, 0.2) is 40.2 Å². The minimum atomic E-state index is -0.00596. The Labute approximate surface area is 197 Å². The molecule has 2 aliphatic carbocycles. The van der Waals surface area contributed by atoms with Crippen LogP contribution in [0.1, 0.15) is 37.0 Å². The molecule has 1 amide bonds. The highest BCUT2D eigenvalue weighted by Gasteiger charge is 2.48. The summed E-state index contributed by atoms with van der Waals surface area (Å²) in [5.74, 6) is 3.90. The fourth-order valence-electron chi connectivity index (χ4n) is 5.20. The van der Waals surface area contributed by atoms with Crippen molar-refractivity contribution in [3.8, 4) is 22.8 Å². The van der Waals surface area contributed by atoms with Crippen molar-refractivity contribution in [1.29, 1.82) is 0 Å². The molecule has 5 nitrogen and oxygen atoms in total. The van der Waals surface area contributed by atoms with Crippen LogP contribution in [0.4, 0.5) is 0 Å². The number of nitrogens with zero attached hydrogens (tertiary/aromatic N) is 1. The maximum atomic E-state index is 13.3. The summed E-state index contributed by atoms with van der Waals surface area (Å²) in [6.45, 7) is 3.91. The number of rotatable bonds is 6. The molecule has 32 heavy (non-hydrogen) atoms. The van der Waals surface area contributed by atoms with Gasteiger partial charge in [-0.3, -0.25) is 9.69 Å². The Morgan fingerprint density at radius 3 is 2.50 bits per heavy atom. The zero-order valence-corrected chi connectivity index (χ0v) is 19.8. The summed E-state index contributed by atoms with van der Waals surface area (Å²) in [5, 5.41) is 0. The molecule has 0 spiro atoms. The number of furan rings is 1. The topological polar surface area (TPSA) is 51.9 Å². The van der Waals surface area contributed by atoms with E-state index in [1.54, 1.807) is 26.4 Å². The third kappa shape index (κ3) is 3.67. The van der Waals surface area contributed by atoms with E-state index < -0.39 is 0 Å². The van der Waals surface area contributed by atoms with Gasteiger partial charge in [0, 0.05) is 29.3 Å². The van der Waals surface area contributed by atoms with Crippen LogP contribution in [0.5, 0.6) is 11.5 Å². The van der Waals surface area contributed by atoms with Gasteiger partial charge in [0.25, 0.3) is 5.91 Å². The molecule has 3 atom stereocenters. The van der Waals surface area contributed by atoms with Gasteiger partial charge >= 0.3 is 0 Å². The summed E-state index contributed by atoms with van der Waals surface area (Å²) in [4.78, 5) is 15.7. The number of amides is 1. The number of benzene rings is 1. The molecule has 1 aromatic heterocycles. The lowest BCUT2D eigenvalue weighted by Crippen LogP contribution is -2.41. The van der Waals surface area contributed by atoms with E-state index >= 15 is 0 Å². The molecule has 2 aromatic rings. The van der Waals surface area contributed by atoms with Crippen molar-refractivity contribution in [2.24, 2.45) is 11.8 Å². The predicted octanol–water partition coefficient (Wildman–Crippen LogP) is 6.00. The standard InChI is InChI=1S/C25H25NO4S2/c1-4-15-11-21(17-9-18(28-2)12-19(10-17)29-3)30-22(15)13-23-24(27)26(25(31)32-23)20-8-14-5-6-16(20)7-14/h4,9-14,16,20H,1,5-8H2,2-3H3. The first-order valence-electron chi connectivity index (χ1n) is 10.8. The van der Waals surface area contributed by atoms with Crippen LogP contribution in [0.3, 0.4) is 0 Å². The van der Waals surface area contributed by atoms with E-state index in [1.807, 2.05) is 29.2 Å². The Morgan fingerprint density at radius 2 is 1.91 bits per heavy atom. The Hall–Kier alpha value is -2.51. The third-order valence-corrected chi connectivity index (χ3v) is 8.10. The summed E-state index contributed by atoms with van der Waals surface area (Å²) in [6, 6.07) is 7.73. The molecule has 2 saturated carbocycles. The van der Waals surface area contributed by atoms with Crippen LogP contribution < -0.4 is 9.47 Å². The van der Waals surface area contributed by atoms with Gasteiger partial charge in [-0.15, -0.1) is 0 Å². The number of hydrogen-bond donors (Lipinski definition) is 0. The molecular formula is C25H25NO4S2. The first-order valence-corrected chi connectivity index (χ1v) is 12.0. The Morgan fingerprint density at radius 1 is 1.16 bits per heavy atom. The van der Waals surface area contributed by atoms with Crippen LogP contribution >= 0.6 is 24.0 Å². The second-order valence-electron chi connectivity index (χ2n) is 8.53. The van der Waals surface area contributed by atoms with Crippen molar-refractivity contribution < 1.29 is 18.7 Å². The molecule has 1 aromatic carbocycles. The number of thiocarbonyl (C=S) groups is 1. The lowest BCUT2D eigenvalue weighted by molar-refractivity contribution is -0.124. The lowest BCUT2D eigenvalue weighted by atomic mass is 9.94. The Balaban J connectivity index is 1.46. The van der Waals surface area contributed by atoms with E-state index in [-0.39, 0.29) is 11.9 Å². The van der Waals surface area contributed by atoms with Gasteiger partial charge in [-0.25, -0.2) is 0 Å². The van der Waals surface area contributed by atoms with Crippen LogP contribution in [-0.4, -0.2) is 35.4 Å². The van der Waals surface area contributed by atoms with Crippen molar-refractivity contribution in [1.82, 2.24) is 4.90 Å². The van der Waals surface area contributed by atoms with Gasteiger partial charge in [0.05, 0.1) is 19.1 Å². The molecule has 3 fully saturated rings. The molecule has 166 valence electrons. The number of carbonyl (C=O) groups is 1. The summed E-state index contributed by atoms with van der Waals surface area (Å²) in [5.41, 5.74) is 1.63. The van der Waals surface area contributed by atoms with Crippen LogP contribution in [-0.2, 0) is 4.79 Å². The first-order chi connectivity index (χ1) is 15.5. The highest BCUT2D eigenvalue weighted by Crippen LogP contribution is 2.49. The van der Waals surface area contributed by atoms with Crippen molar-refractivity contribution in [2.75, 3.05) is 14.2 Å². The quantitative estimate of drug-likeness (QED) is 0.384. The molecule has 5 rings (SSSR count). The molecule has 2 bridgehead atoms. The third-order valence-electron chi connectivity index (χ3n) is 6.77. The SMILES string of the molecule is C=Cc1cc(-c2cc(OC)cc(OC)c2)oc1C=C1SC(=S)N(C2CC3CCC2C3)C1=O. The predicted molar refractivity (Wildman–Crippen MR) is 132 cm³/mol. The second-order valence-corrected chi connectivity index (χ2v) is 10.2. The number of carbonyl (C=O) groups excluding carboxylic acids is 1. The van der Waals surface area contributed by atoms with Crippen molar-refractivity contribution in [2.45, 2.75) is 31.7 Å². The minimum absolute atomic E-state index is 0.00596. The van der Waals surface area contributed by atoms with E-state index in [1.165, 1.54) is 31.0 Å². The van der Waals surface area contributed by atoms with E-state index in [2.05, 4.69) is 6.58 Å². The van der Waals surface area contributed by atoms with Gasteiger partial charge in [-0.1, -0.05) is 43.1 Å². The fourth-order valence-corrected chi connectivity index (χ4v) is 6.54. The van der Waals surface area contributed by atoms with Gasteiger partial charge in [-0.2, -0.15) is 0 Å². The van der Waals surface area contributed by atoms with Crippen molar-refractivity contribution in [3.63, 3.8) is 0 Å². The van der Waals surface area contributed by atoms with Gasteiger partial charge in [0.15, 0.2) is 0 Å². The number of methoxy groups -OCH3 is 2. The maximum Gasteiger partial charge on any atom is 0.266 e. The van der Waals surface area contributed by atoms with Crippen LogP contribution in [0.2, 0.25) is 0 Å². The number of hydrogen-bond acceptors (Lipinski definition) is 6. The molecule has 3 unspecified atom stereocenters. The molecule has 1 aliphatic heterocycles. The highest BCUT2D eigenvalue weighted by atomic mass is 32.2. The zero-order chi connectivity index (χ0) is 22.4. The summed E-state index contributed by atoms with van der Waals surface area (Å²) < 4.78 is 17.6. The summed E-state index contributed by atoms with van der Waals surface area (Å²) in [6.07, 6.45) is 8.32. The highest BCUT2D eigenvalue weighted by molar-refractivity contribution is 8.26. The second kappa shape index (κ2) is 8.45. The molecule has 0 radical (unpaired) electrons. The first kappa shape index (κ1) is 21.3. The van der Waals surface area contributed by atoms with Crippen molar-refractivity contribution >= 4 is 46.4 Å². The zero-order valence-electron chi connectivity index (χ0n) is 18.1. The molecule has 1 saturated heterocycles. The van der Waals surface area contributed by atoms with Crippen LogP contribution in [0, 0.1) is 11.8 Å². The van der Waals surface area contributed by atoms with E-state index in [9.17, 15) is 4.79 Å². The van der Waals surface area contributed by atoms with Gasteiger partial charge in [0.1, 0.15) is 27.3 Å². The molecule has 0 N–H and O–H groups in total.